The molecule has 0 bridgehead atoms. The summed E-state index contributed by atoms with van der Waals surface area (Å²) in [5, 5.41) is 21.7. The molecule has 194 valence electrons. The summed E-state index contributed by atoms with van der Waals surface area (Å²) in [5.74, 6) is -1.96. The number of nitrogens with one attached hydrogen (secondary N) is 1. The molecule has 1 fully saturated rings. The third-order valence-electron chi connectivity index (χ3n) is 5.64. The fourth-order valence-electron chi connectivity index (χ4n) is 3.87. The number of benzene rings is 1. The molecule has 0 aliphatic carbocycles. The van der Waals surface area contributed by atoms with Crippen molar-refractivity contribution < 1.29 is 38.9 Å². The second kappa shape index (κ2) is 14.9. The highest BCUT2D eigenvalue weighted by Gasteiger charge is 2.36. The number of carbonyl (C=O) groups is 3. The van der Waals surface area contributed by atoms with Gasteiger partial charge in [-0.05, 0) is 44.6 Å². The number of aryl methyl sites for hydroxylation is 1. The maximum atomic E-state index is 13.1. The summed E-state index contributed by atoms with van der Waals surface area (Å²) in [7, 11) is 0. The van der Waals surface area contributed by atoms with Gasteiger partial charge < -0.3 is 24.3 Å². The van der Waals surface area contributed by atoms with Gasteiger partial charge in [0.2, 0.25) is 5.91 Å². The van der Waals surface area contributed by atoms with Crippen molar-refractivity contribution in [2.45, 2.75) is 57.2 Å². The van der Waals surface area contributed by atoms with Gasteiger partial charge >= 0.3 is 11.9 Å². The highest BCUT2D eigenvalue weighted by atomic mass is 17.0. The molecule has 2 rings (SSSR count). The number of carbonyl (C=O) groups excluding carboxylic acids is 2. The lowest BCUT2D eigenvalue weighted by atomic mass is 10.0. The van der Waals surface area contributed by atoms with Crippen LogP contribution in [-0.2, 0) is 35.1 Å². The molecule has 1 heterocycles. The number of carboxylic acids is 1. The molecule has 1 aromatic carbocycles. The van der Waals surface area contributed by atoms with Crippen LogP contribution in [0.15, 0.2) is 30.3 Å². The zero-order chi connectivity index (χ0) is 25.6. The number of ether oxygens (including phenoxy) is 2. The minimum Gasteiger partial charge on any atom is -0.480 e. The van der Waals surface area contributed by atoms with Gasteiger partial charge in [-0.15, -0.1) is 10.1 Å². The van der Waals surface area contributed by atoms with E-state index in [0.717, 1.165) is 18.4 Å². The van der Waals surface area contributed by atoms with Crippen LogP contribution in [0.1, 0.15) is 38.2 Å². The SMILES string of the molecule is CC(NC(CCc1ccccc1)C(=O)O)C(=O)N1CCCCC1C(=O)OCCOCCO[N+](=O)[O-]. The molecule has 1 aliphatic heterocycles. The van der Waals surface area contributed by atoms with E-state index in [1.807, 2.05) is 30.3 Å². The van der Waals surface area contributed by atoms with Crippen molar-refractivity contribution >= 4 is 17.8 Å². The van der Waals surface area contributed by atoms with Crippen molar-refractivity contribution in [3.8, 4) is 0 Å². The summed E-state index contributed by atoms with van der Waals surface area (Å²) in [6.45, 7) is 1.70. The van der Waals surface area contributed by atoms with Gasteiger partial charge in [-0.3, -0.25) is 14.9 Å². The Morgan fingerprint density at radius 1 is 1.17 bits per heavy atom. The van der Waals surface area contributed by atoms with E-state index < -0.39 is 35.2 Å². The lowest BCUT2D eigenvalue weighted by Gasteiger charge is -2.36. The fraction of sp³-hybridized carbons (Fsp3) is 0.609. The molecule has 1 saturated heterocycles. The zero-order valence-electron chi connectivity index (χ0n) is 19.8. The Morgan fingerprint density at radius 2 is 1.89 bits per heavy atom. The molecule has 2 N–H and O–H groups in total. The van der Waals surface area contributed by atoms with Gasteiger partial charge in [0.25, 0.3) is 5.09 Å². The van der Waals surface area contributed by atoms with Crippen LogP contribution in [0.2, 0.25) is 0 Å². The van der Waals surface area contributed by atoms with Crippen LogP contribution in [0.5, 0.6) is 0 Å². The van der Waals surface area contributed by atoms with Crippen molar-refractivity contribution in [1.82, 2.24) is 10.2 Å². The monoisotopic (exact) mass is 495 g/mol. The normalized spacial score (nSPS) is 17.3. The smallest absolute Gasteiger partial charge is 0.328 e. The Bertz CT molecular complexity index is 837. The van der Waals surface area contributed by atoms with Crippen molar-refractivity contribution in [2.24, 2.45) is 0 Å². The van der Waals surface area contributed by atoms with E-state index >= 15 is 0 Å². The van der Waals surface area contributed by atoms with Crippen molar-refractivity contribution in [3.63, 3.8) is 0 Å². The quantitative estimate of drug-likeness (QED) is 0.157. The number of aliphatic carboxylic acids is 1. The second-order valence-electron chi connectivity index (χ2n) is 8.18. The molecule has 0 saturated carbocycles. The molecular formula is C23H33N3O9. The van der Waals surface area contributed by atoms with E-state index in [4.69, 9.17) is 9.47 Å². The third kappa shape index (κ3) is 9.87. The number of amides is 1. The predicted octanol–water partition coefficient (Wildman–Crippen LogP) is 1.20. The number of hydrogen-bond donors (Lipinski definition) is 2. The first-order chi connectivity index (χ1) is 16.8. The average molecular weight is 496 g/mol. The topological polar surface area (TPSA) is 158 Å². The highest BCUT2D eigenvalue weighted by molar-refractivity contribution is 5.88. The van der Waals surface area contributed by atoms with Crippen LogP contribution in [-0.4, -0.2) is 84.0 Å². The lowest BCUT2D eigenvalue weighted by Crippen LogP contribution is -2.56. The Hall–Kier alpha value is -3.25. The van der Waals surface area contributed by atoms with Crippen LogP contribution in [0.4, 0.5) is 0 Å². The first-order valence-corrected chi connectivity index (χ1v) is 11.6. The summed E-state index contributed by atoms with van der Waals surface area (Å²) in [4.78, 5) is 53.1. The van der Waals surface area contributed by atoms with Crippen LogP contribution in [0.3, 0.4) is 0 Å². The number of esters is 1. The first-order valence-electron chi connectivity index (χ1n) is 11.6. The van der Waals surface area contributed by atoms with E-state index in [2.05, 4.69) is 10.2 Å². The Balaban J connectivity index is 1.84. The van der Waals surface area contributed by atoms with Crippen LogP contribution in [0, 0.1) is 10.1 Å². The minimum absolute atomic E-state index is 0.0230. The van der Waals surface area contributed by atoms with Crippen molar-refractivity contribution in [1.29, 1.82) is 0 Å². The Labute approximate surface area is 203 Å². The molecule has 12 nitrogen and oxygen atoms in total. The highest BCUT2D eigenvalue weighted by Crippen LogP contribution is 2.20. The molecule has 1 amide bonds. The Kier molecular flexibility index (Phi) is 11.9. The fourth-order valence-corrected chi connectivity index (χ4v) is 3.87. The van der Waals surface area contributed by atoms with E-state index in [-0.39, 0.29) is 32.3 Å². The van der Waals surface area contributed by atoms with Crippen molar-refractivity contribution in [2.75, 3.05) is 33.0 Å². The zero-order valence-corrected chi connectivity index (χ0v) is 19.8. The standard InChI is InChI=1S/C23H33N3O9/c1-17(24-19(22(28)29)11-10-18-7-3-2-4-8-18)21(27)25-12-6-5-9-20(25)23(30)34-15-13-33-14-16-35-26(31)32/h2-4,7-8,17,19-20,24H,5-6,9-16H2,1H3,(H,28,29). The summed E-state index contributed by atoms with van der Waals surface area (Å²) >= 11 is 0. The molecule has 0 spiro atoms. The van der Waals surface area contributed by atoms with E-state index in [9.17, 15) is 29.6 Å². The molecule has 12 heteroatoms. The summed E-state index contributed by atoms with van der Waals surface area (Å²) in [6.07, 6.45) is 2.80. The summed E-state index contributed by atoms with van der Waals surface area (Å²) < 4.78 is 10.3. The number of likely N-dealkylation sites (tertiary alicyclic amines) is 1. The average Bonchev–Trinajstić information content (AvgIpc) is 2.85. The van der Waals surface area contributed by atoms with Gasteiger partial charge in [-0.25, -0.2) is 4.79 Å². The molecule has 1 aromatic rings. The van der Waals surface area contributed by atoms with Gasteiger partial charge in [-0.1, -0.05) is 30.3 Å². The van der Waals surface area contributed by atoms with E-state index in [1.165, 1.54) is 4.90 Å². The van der Waals surface area contributed by atoms with E-state index in [0.29, 0.717) is 25.8 Å². The van der Waals surface area contributed by atoms with Gasteiger partial charge in [0.15, 0.2) is 0 Å². The molecule has 0 radical (unpaired) electrons. The number of piperidine rings is 1. The van der Waals surface area contributed by atoms with Crippen LogP contribution < -0.4 is 5.32 Å². The molecule has 0 aromatic heterocycles. The third-order valence-corrected chi connectivity index (χ3v) is 5.64. The molecule has 35 heavy (non-hydrogen) atoms. The van der Waals surface area contributed by atoms with Crippen LogP contribution >= 0.6 is 0 Å². The minimum atomic E-state index is -1.04. The van der Waals surface area contributed by atoms with Gasteiger partial charge in [0, 0.05) is 6.54 Å². The molecule has 3 atom stereocenters. The Morgan fingerprint density at radius 3 is 2.57 bits per heavy atom. The number of rotatable bonds is 15. The number of carboxylic acid groups (broad SMARTS) is 1. The van der Waals surface area contributed by atoms with Crippen molar-refractivity contribution in [3.05, 3.63) is 46.0 Å². The lowest BCUT2D eigenvalue weighted by molar-refractivity contribution is -0.758. The maximum absolute atomic E-state index is 13.1. The summed E-state index contributed by atoms with van der Waals surface area (Å²) in [5.41, 5.74) is 1.01. The second-order valence-corrected chi connectivity index (χ2v) is 8.18. The molecular weight excluding hydrogens is 462 g/mol. The predicted molar refractivity (Wildman–Crippen MR) is 123 cm³/mol. The number of hydrogen-bond acceptors (Lipinski definition) is 9. The largest absolute Gasteiger partial charge is 0.480 e. The first kappa shape index (κ1) is 28.0. The summed E-state index contributed by atoms with van der Waals surface area (Å²) in [6, 6.07) is 7.02. The van der Waals surface area contributed by atoms with E-state index in [1.54, 1.807) is 6.92 Å². The van der Waals surface area contributed by atoms with Gasteiger partial charge in [0.05, 0.1) is 19.3 Å². The van der Waals surface area contributed by atoms with Gasteiger partial charge in [0.1, 0.15) is 25.3 Å². The number of nitrogens with zero attached hydrogens (tertiary/aromatic N) is 2. The van der Waals surface area contributed by atoms with Gasteiger partial charge in [-0.2, -0.15) is 0 Å². The molecule has 3 unspecified atom stereocenters. The maximum Gasteiger partial charge on any atom is 0.328 e. The van der Waals surface area contributed by atoms with Crippen LogP contribution in [0.25, 0.3) is 0 Å². The molecule has 1 aliphatic rings.